The van der Waals surface area contributed by atoms with Crippen molar-refractivity contribution in [3.63, 3.8) is 0 Å². The molecule has 0 bridgehead atoms. The highest BCUT2D eigenvalue weighted by molar-refractivity contribution is 7.11. The Morgan fingerprint density at radius 3 is 2.72 bits per heavy atom. The van der Waals surface area contributed by atoms with Gasteiger partial charge in [0, 0.05) is 24.6 Å². The lowest BCUT2D eigenvalue weighted by molar-refractivity contribution is -0.640. The Hall–Kier alpha value is -1.76. The van der Waals surface area contributed by atoms with E-state index in [4.69, 9.17) is 9.72 Å². The third-order valence-electron chi connectivity index (χ3n) is 9.92. The zero-order chi connectivity index (χ0) is 24.7. The van der Waals surface area contributed by atoms with E-state index in [1.807, 2.05) is 11.3 Å². The molecule has 2 unspecified atom stereocenters. The maximum Gasteiger partial charge on any atom is 0.232 e. The molecule has 5 atom stereocenters. The largest absolute Gasteiger partial charge is 0.375 e. The minimum absolute atomic E-state index is 0.0493. The molecular formula is C30H42N3O2S+. The molecule has 6 heteroatoms. The summed E-state index contributed by atoms with van der Waals surface area (Å²) in [5, 5.41) is 3.51. The van der Waals surface area contributed by atoms with E-state index < -0.39 is 0 Å². The smallest absolute Gasteiger partial charge is 0.232 e. The van der Waals surface area contributed by atoms with Crippen molar-refractivity contribution in [2.24, 2.45) is 11.8 Å². The molecule has 1 amide bonds. The lowest BCUT2D eigenvalue weighted by Crippen LogP contribution is -2.82. The van der Waals surface area contributed by atoms with Crippen LogP contribution >= 0.6 is 11.3 Å². The second-order valence-corrected chi connectivity index (χ2v) is 13.0. The van der Waals surface area contributed by atoms with Gasteiger partial charge < -0.3 is 15.0 Å². The molecule has 5 nitrogen and oxygen atoms in total. The van der Waals surface area contributed by atoms with Crippen LogP contribution in [0.15, 0.2) is 30.3 Å². The molecule has 1 spiro atoms. The normalized spacial score (nSPS) is 33.1. The number of likely N-dealkylation sites (tertiary alicyclic amines) is 1. The molecule has 4 aliphatic rings. The molecule has 6 rings (SSSR count). The SMILES string of the molecule is COC1CC[C@]2(C[NH2+]CC2C(=O)N2CC[C@@H](c3ccccc3)C[C@H]2C2CCCCC2)c2sc(C)nc21. The van der Waals surface area contributed by atoms with Crippen molar-refractivity contribution in [1.29, 1.82) is 0 Å². The summed E-state index contributed by atoms with van der Waals surface area (Å²) in [4.78, 5) is 23.2. The van der Waals surface area contributed by atoms with Crippen molar-refractivity contribution in [1.82, 2.24) is 9.88 Å². The number of hydrogen-bond acceptors (Lipinski definition) is 4. The number of ether oxygens (including phenoxy) is 1. The van der Waals surface area contributed by atoms with Crippen LogP contribution in [0.1, 0.15) is 91.0 Å². The van der Waals surface area contributed by atoms with E-state index in [-0.39, 0.29) is 17.4 Å². The standard InChI is InChI=1S/C30H41N3O2S/c1-20-32-27-26(35-2)13-15-30(28(27)36-20)19-31-18-24(30)29(34)33-16-14-23(21-9-5-3-6-10-21)17-25(33)22-11-7-4-8-12-22/h3,5-6,9-10,22-26,31H,4,7-8,11-19H2,1-2H3/p+1/t23-,24?,25+,26?,30-/m1/s1. The number of nitrogens with zero attached hydrogens (tertiary/aromatic N) is 2. The lowest BCUT2D eigenvalue weighted by Gasteiger charge is -2.47. The van der Waals surface area contributed by atoms with Gasteiger partial charge in [-0.2, -0.15) is 0 Å². The summed E-state index contributed by atoms with van der Waals surface area (Å²) in [6.07, 6.45) is 10.8. The molecule has 0 radical (unpaired) electrons. The molecule has 2 aliphatic carbocycles. The van der Waals surface area contributed by atoms with E-state index in [0.29, 0.717) is 23.8 Å². The summed E-state index contributed by atoms with van der Waals surface area (Å²) in [5.74, 6) is 1.70. The number of benzene rings is 1. The third kappa shape index (κ3) is 4.23. The molecule has 3 fully saturated rings. The number of rotatable bonds is 4. The van der Waals surface area contributed by atoms with Crippen LogP contribution in [0.25, 0.3) is 0 Å². The Morgan fingerprint density at radius 1 is 1.14 bits per heavy atom. The summed E-state index contributed by atoms with van der Waals surface area (Å²) in [7, 11) is 1.80. The fraction of sp³-hybridized carbons (Fsp3) is 0.667. The van der Waals surface area contributed by atoms with Gasteiger partial charge in [0.05, 0.1) is 29.2 Å². The van der Waals surface area contributed by atoms with Gasteiger partial charge in [-0.1, -0.05) is 49.6 Å². The highest BCUT2D eigenvalue weighted by Crippen LogP contribution is 2.51. The molecular weight excluding hydrogens is 466 g/mol. The highest BCUT2D eigenvalue weighted by atomic mass is 32.1. The Bertz CT molecular complexity index is 1070. The Morgan fingerprint density at radius 2 is 1.94 bits per heavy atom. The van der Waals surface area contributed by atoms with Gasteiger partial charge in [0.1, 0.15) is 12.0 Å². The van der Waals surface area contributed by atoms with Crippen LogP contribution in [0.2, 0.25) is 0 Å². The summed E-state index contributed by atoms with van der Waals surface area (Å²) in [5.41, 5.74) is 2.49. The molecule has 3 heterocycles. The van der Waals surface area contributed by atoms with Crippen LogP contribution < -0.4 is 5.32 Å². The Labute approximate surface area is 220 Å². The van der Waals surface area contributed by atoms with Crippen LogP contribution in [-0.2, 0) is 14.9 Å². The van der Waals surface area contributed by atoms with E-state index in [0.717, 1.165) is 56.0 Å². The quantitative estimate of drug-likeness (QED) is 0.650. The first kappa shape index (κ1) is 24.6. The number of piperidine rings is 1. The van der Waals surface area contributed by atoms with Crippen molar-refractivity contribution >= 4 is 17.2 Å². The summed E-state index contributed by atoms with van der Waals surface area (Å²) >= 11 is 1.82. The molecule has 2 aromatic rings. The Kier molecular flexibility index (Phi) is 6.95. The molecule has 1 aromatic carbocycles. The first-order valence-corrected chi connectivity index (χ1v) is 15.1. The van der Waals surface area contributed by atoms with Crippen molar-refractivity contribution in [2.45, 2.75) is 88.2 Å². The van der Waals surface area contributed by atoms with Crippen molar-refractivity contribution < 1.29 is 14.8 Å². The van der Waals surface area contributed by atoms with E-state index in [1.54, 1.807) is 7.11 Å². The van der Waals surface area contributed by atoms with Crippen LogP contribution in [0.3, 0.4) is 0 Å². The lowest BCUT2D eigenvalue weighted by atomic mass is 9.67. The number of hydrogen-bond donors (Lipinski definition) is 1. The Balaban J connectivity index is 1.30. The number of aromatic nitrogens is 1. The number of carbonyl (C=O) groups excluding carboxylic acids is 1. The van der Waals surface area contributed by atoms with Crippen molar-refractivity contribution in [3.05, 3.63) is 51.5 Å². The highest BCUT2D eigenvalue weighted by Gasteiger charge is 2.57. The number of quaternary nitrogens is 1. The van der Waals surface area contributed by atoms with Gasteiger partial charge in [-0.25, -0.2) is 4.98 Å². The van der Waals surface area contributed by atoms with E-state index in [1.165, 1.54) is 42.5 Å². The average Bonchev–Trinajstić information content (AvgIpc) is 3.54. The number of methoxy groups -OCH3 is 1. The molecule has 2 aliphatic heterocycles. The van der Waals surface area contributed by atoms with Crippen molar-refractivity contribution in [3.8, 4) is 0 Å². The summed E-state index contributed by atoms with van der Waals surface area (Å²) in [6, 6.07) is 11.4. The number of carbonyl (C=O) groups is 1. The summed E-state index contributed by atoms with van der Waals surface area (Å²) < 4.78 is 5.83. The second-order valence-electron chi connectivity index (χ2n) is 11.8. The fourth-order valence-corrected chi connectivity index (χ4v) is 9.34. The topological polar surface area (TPSA) is 59.0 Å². The maximum atomic E-state index is 14.6. The van der Waals surface area contributed by atoms with Gasteiger partial charge in [0.2, 0.25) is 5.91 Å². The van der Waals surface area contributed by atoms with Crippen LogP contribution in [-0.4, -0.2) is 48.6 Å². The average molecular weight is 509 g/mol. The molecule has 2 N–H and O–H groups in total. The molecule has 36 heavy (non-hydrogen) atoms. The zero-order valence-electron chi connectivity index (χ0n) is 22.0. The molecule has 1 saturated carbocycles. The molecule has 2 saturated heterocycles. The molecule has 1 aromatic heterocycles. The van der Waals surface area contributed by atoms with Gasteiger partial charge in [-0.3, -0.25) is 4.79 Å². The van der Waals surface area contributed by atoms with Gasteiger partial charge in [0.15, 0.2) is 0 Å². The van der Waals surface area contributed by atoms with E-state index in [9.17, 15) is 4.79 Å². The fourth-order valence-electron chi connectivity index (χ4n) is 8.09. The predicted molar refractivity (Wildman–Crippen MR) is 143 cm³/mol. The second kappa shape index (κ2) is 10.2. The first-order valence-electron chi connectivity index (χ1n) is 14.3. The van der Waals surface area contributed by atoms with Gasteiger partial charge in [-0.15, -0.1) is 11.3 Å². The van der Waals surface area contributed by atoms with E-state index >= 15 is 0 Å². The monoisotopic (exact) mass is 508 g/mol. The number of nitrogens with two attached hydrogens (primary N) is 1. The van der Waals surface area contributed by atoms with Crippen LogP contribution in [0.4, 0.5) is 0 Å². The number of thiazole rings is 1. The predicted octanol–water partition coefficient (Wildman–Crippen LogP) is 4.72. The molecule has 194 valence electrons. The number of amides is 1. The van der Waals surface area contributed by atoms with Gasteiger partial charge in [-0.05, 0) is 62.8 Å². The summed E-state index contributed by atoms with van der Waals surface area (Å²) in [6.45, 7) is 4.92. The minimum atomic E-state index is -0.0826. The number of aryl methyl sites for hydroxylation is 1. The third-order valence-corrected chi connectivity index (χ3v) is 11.1. The minimum Gasteiger partial charge on any atom is -0.375 e. The van der Waals surface area contributed by atoms with Gasteiger partial charge in [0.25, 0.3) is 0 Å². The zero-order valence-corrected chi connectivity index (χ0v) is 22.8. The number of fused-ring (bicyclic) bond motifs is 2. The first-order chi connectivity index (χ1) is 17.6. The van der Waals surface area contributed by atoms with E-state index in [2.05, 4.69) is 47.5 Å². The van der Waals surface area contributed by atoms with Gasteiger partial charge >= 0.3 is 0 Å². The van der Waals surface area contributed by atoms with Crippen molar-refractivity contribution in [2.75, 3.05) is 26.7 Å². The maximum absolute atomic E-state index is 14.6. The van der Waals surface area contributed by atoms with Crippen LogP contribution in [0.5, 0.6) is 0 Å². The van der Waals surface area contributed by atoms with Crippen LogP contribution in [0, 0.1) is 18.8 Å².